The molecule has 3 rings (SSSR count). The number of anilines is 1. The van der Waals surface area contributed by atoms with E-state index in [-0.39, 0.29) is 16.2 Å². The van der Waals surface area contributed by atoms with Gasteiger partial charge in [0.25, 0.3) is 0 Å². The number of rotatable bonds is 9. The van der Waals surface area contributed by atoms with Crippen molar-refractivity contribution in [2.45, 2.75) is 55.9 Å². The van der Waals surface area contributed by atoms with E-state index in [1.54, 1.807) is 7.11 Å². The molecule has 1 aliphatic rings. The Morgan fingerprint density at radius 3 is 2.30 bits per heavy atom. The maximum atomic E-state index is 12.8. The summed E-state index contributed by atoms with van der Waals surface area (Å²) in [6.07, 6.45) is 3.97. The molecule has 1 fully saturated rings. The number of amides is 2. The Balaban J connectivity index is 1.66. The summed E-state index contributed by atoms with van der Waals surface area (Å²) in [5, 5.41) is 5.53. The highest BCUT2D eigenvalue weighted by atomic mass is 32.2. The first-order valence-electron chi connectivity index (χ1n) is 11.0. The van der Waals surface area contributed by atoms with E-state index in [0.29, 0.717) is 12.2 Å². The zero-order valence-corrected chi connectivity index (χ0v) is 20.0. The summed E-state index contributed by atoms with van der Waals surface area (Å²) in [6.45, 7) is 3.29. The van der Waals surface area contributed by atoms with Crippen molar-refractivity contribution in [2.24, 2.45) is 0 Å². The van der Waals surface area contributed by atoms with Crippen molar-refractivity contribution >= 4 is 27.5 Å². The Kier molecular flexibility index (Phi) is 7.76. The van der Waals surface area contributed by atoms with Gasteiger partial charge in [0.05, 0.1) is 18.0 Å². The molecular formula is C24H31N3O5S. The normalized spacial score (nSPS) is 16.1. The van der Waals surface area contributed by atoms with Crippen LogP contribution in [0.3, 0.4) is 0 Å². The van der Waals surface area contributed by atoms with E-state index in [1.165, 1.54) is 38.1 Å². The van der Waals surface area contributed by atoms with Gasteiger partial charge >= 0.3 is 0 Å². The molecule has 2 aromatic carbocycles. The Morgan fingerprint density at radius 2 is 1.70 bits per heavy atom. The van der Waals surface area contributed by atoms with Crippen LogP contribution in [0.15, 0.2) is 53.4 Å². The van der Waals surface area contributed by atoms with E-state index in [9.17, 15) is 18.0 Å². The van der Waals surface area contributed by atoms with E-state index < -0.39 is 22.0 Å². The number of ether oxygens (including phenoxy) is 1. The number of hydrogen-bond donors (Lipinski definition) is 3. The molecule has 1 saturated carbocycles. The molecular weight excluding hydrogens is 442 g/mol. The lowest BCUT2D eigenvalue weighted by Crippen LogP contribution is -2.48. The zero-order chi connectivity index (χ0) is 24.1. The fraction of sp³-hybridized carbons (Fsp3) is 0.417. The summed E-state index contributed by atoms with van der Waals surface area (Å²) in [4.78, 5) is 23.9. The Morgan fingerprint density at radius 1 is 1.06 bits per heavy atom. The van der Waals surface area contributed by atoms with Gasteiger partial charge in [0.2, 0.25) is 21.8 Å². The molecule has 0 aromatic heterocycles. The van der Waals surface area contributed by atoms with Crippen LogP contribution in [0.1, 0.15) is 45.1 Å². The van der Waals surface area contributed by atoms with Gasteiger partial charge in [-0.25, -0.2) is 8.42 Å². The van der Waals surface area contributed by atoms with Crippen molar-refractivity contribution in [3.63, 3.8) is 0 Å². The van der Waals surface area contributed by atoms with Crippen LogP contribution in [-0.4, -0.2) is 39.9 Å². The standard InChI is InChI=1S/C24H31N3O5S/c1-17(27-33(30,31)20-12-10-19(11-13-20)26-18(2)28)23(29)25-16-24(14-6-7-15-24)21-8-4-5-9-22(21)32-3/h4-5,8-13,17,27H,6-7,14-16H2,1-3H3,(H,25,29)(H,26,28)/t17-/m0/s1. The minimum atomic E-state index is -3.91. The smallest absolute Gasteiger partial charge is 0.241 e. The third-order valence-electron chi connectivity index (χ3n) is 6.05. The Hall–Kier alpha value is -2.91. The molecule has 0 aliphatic heterocycles. The lowest BCUT2D eigenvalue weighted by Gasteiger charge is -2.32. The second-order valence-corrected chi connectivity index (χ2v) is 10.2. The topological polar surface area (TPSA) is 114 Å². The van der Waals surface area contributed by atoms with Gasteiger partial charge in [-0.3, -0.25) is 9.59 Å². The maximum absolute atomic E-state index is 12.8. The van der Waals surface area contributed by atoms with Gasteiger partial charge in [-0.2, -0.15) is 4.72 Å². The van der Waals surface area contributed by atoms with Crippen molar-refractivity contribution in [1.29, 1.82) is 0 Å². The fourth-order valence-corrected chi connectivity index (χ4v) is 5.56. The second kappa shape index (κ2) is 10.4. The van der Waals surface area contributed by atoms with E-state index in [2.05, 4.69) is 15.4 Å². The third-order valence-corrected chi connectivity index (χ3v) is 7.61. The monoisotopic (exact) mass is 473 g/mol. The van der Waals surface area contributed by atoms with Gasteiger partial charge in [-0.1, -0.05) is 31.0 Å². The summed E-state index contributed by atoms with van der Waals surface area (Å²) in [5.41, 5.74) is 1.32. The number of para-hydroxylation sites is 1. The largest absolute Gasteiger partial charge is 0.496 e. The number of carbonyl (C=O) groups excluding carboxylic acids is 2. The van der Waals surface area contributed by atoms with Gasteiger partial charge in [-0.05, 0) is 50.1 Å². The van der Waals surface area contributed by atoms with Gasteiger partial charge in [0.15, 0.2) is 0 Å². The molecule has 2 amide bonds. The van der Waals surface area contributed by atoms with Crippen molar-refractivity contribution in [1.82, 2.24) is 10.0 Å². The van der Waals surface area contributed by atoms with E-state index >= 15 is 0 Å². The molecule has 0 unspecified atom stereocenters. The number of carbonyl (C=O) groups is 2. The van der Waals surface area contributed by atoms with Crippen LogP contribution in [0.4, 0.5) is 5.69 Å². The number of sulfonamides is 1. The molecule has 9 heteroatoms. The SMILES string of the molecule is COc1ccccc1C1(CNC(=O)[C@H](C)NS(=O)(=O)c2ccc(NC(C)=O)cc2)CCCC1. The summed E-state index contributed by atoms with van der Waals surface area (Å²) in [5.74, 6) is 0.155. The second-order valence-electron chi connectivity index (χ2n) is 8.45. The number of benzene rings is 2. The van der Waals surface area contributed by atoms with Crippen LogP contribution in [-0.2, 0) is 25.0 Å². The average molecular weight is 474 g/mol. The van der Waals surface area contributed by atoms with Crippen LogP contribution in [0.25, 0.3) is 0 Å². The van der Waals surface area contributed by atoms with Crippen LogP contribution in [0.5, 0.6) is 5.75 Å². The molecule has 33 heavy (non-hydrogen) atoms. The van der Waals surface area contributed by atoms with Crippen LogP contribution >= 0.6 is 0 Å². The minimum Gasteiger partial charge on any atom is -0.496 e. The highest BCUT2D eigenvalue weighted by Crippen LogP contribution is 2.44. The summed E-state index contributed by atoms with van der Waals surface area (Å²) < 4.78 is 33.4. The molecule has 0 radical (unpaired) electrons. The van der Waals surface area contributed by atoms with E-state index in [4.69, 9.17) is 4.74 Å². The maximum Gasteiger partial charge on any atom is 0.241 e. The lowest BCUT2D eigenvalue weighted by atomic mass is 9.78. The van der Waals surface area contributed by atoms with Crippen LogP contribution < -0.4 is 20.1 Å². The van der Waals surface area contributed by atoms with Gasteiger partial charge in [0, 0.05) is 30.1 Å². The lowest BCUT2D eigenvalue weighted by molar-refractivity contribution is -0.122. The van der Waals surface area contributed by atoms with Crippen LogP contribution in [0, 0.1) is 0 Å². The molecule has 1 atom stereocenters. The molecule has 178 valence electrons. The summed E-state index contributed by atoms with van der Waals surface area (Å²) in [6, 6.07) is 12.6. The fourth-order valence-electron chi connectivity index (χ4n) is 4.36. The van der Waals surface area contributed by atoms with E-state index in [1.807, 2.05) is 24.3 Å². The molecule has 0 spiro atoms. The first-order valence-corrected chi connectivity index (χ1v) is 12.5. The zero-order valence-electron chi connectivity index (χ0n) is 19.2. The molecule has 0 saturated heterocycles. The Labute approximate surface area is 195 Å². The highest BCUT2D eigenvalue weighted by Gasteiger charge is 2.38. The quantitative estimate of drug-likeness (QED) is 0.518. The van der Waals surface area contributed by atoms with Crippen molar-refractivity contribution in [3.05, 3.63) is 54.1 Å². The molecule has 8 nitrogen and oxygen atoms in total. The molecule has 3 N–H and O–H groups in total. The number of nitrogens with one attached hydrogen (secondary N) is 3. The molecule has 2 aromatic rings. The Bertz CT molecular complexity index is 1090. The first-order chi connectivity index (χ1) is 15.7. The van der Waals surface area contributed by atoms with Gasteiger partial charge in [-0.15, -0.1) is 0 Å². The minimum absolute atomic E-state index is 0.0116. The predicted octanol–water partition coefficient (Wildman–Crippen LogP) is 2.95. The van der Waals surface area contributed by atoms with E-state index in [0.717, 1.165) is 37.0 Å². The third kappa shape index (κ3) is 5.91. The van der Waals surface area contributed by atoms with Gasteiger partial charge < -0.3 is 15.4 Å². The molecule has 1 aliphatic carbocycles. The van der Waals surface area contributed by atoms with Crippen molar-refractivity contribution < 1.29 is 22.7 Å². The summed E-state index contributed by atoms with van der Waals surface area (Å²) in [7, 11) is -2.27. The molecule has 0 bridgehead atoms. The highest BCUT2D eigenvalue weighted by molar-refractivity contribution is 7.89. The molecule has 0 heterocycles. The average Bonchev–Trinajstić information content (AvgIpc) is 3.27. The first kappa shape index (κ1) is 24.7. The predicted molar refractivity (Wildman–Crippen MR) is 127 cm³/mol. The van der Waals surface area contributed by atoms with Crippen molar-refractivity contribution in [3.8, 4) is 5.75 Å². The van der Waals surface area contributed by atoms with Crippen LogP contribution in [0.2, 0.25) is 0 Å². The number of hydrogen-bond acceptors (Lipinski definition) is 5. The number of methoxy groups -OCH3 is 1. The van der Waals surface area contributed by atoms with Crippen molar-refractivity contribution in [2.75, 3.05) is 19.0 Å². The summed E-state index contributed by atoms with van der Waals surface area (Å²) >= 11 is 0. The van der Waals surface area contributed by atoms with Gasteiger partial charge in [0.1, 0.15) is 5.75 Å².